The highest BCUT2D eigenvalue weighted by Gasteiger charge is 2.08. The second kappa shape index (κ2) is 6.64. The molecule has 0 unspecified atom stereocenters. The molecule has 2 aromatic rings. The number of hydrogen-bond donors (Lipinski definition) is 1. The van der Waals surface area contributed by atoms with Gasteiger partial charge in [-0.25, -0.2) is 4.39 Å². The van der Waals surface area contributed by atoms with E-state index >= 15 is 0 Å². The van der Waals surface area contributed by atoms with E-state index in [4.69, 9.17) is 5.26 Å². The topological polar surface area (TPSA) is 52.9 Å². The van der Waals surface area contributed by atoms with Gasteiger partial charge in [-0.15, -0.1) is 11.3 Å². The van der Waals surface area contributed by atoms with Crippen molar-refractivity contribution in [1.29, 1.82) is 5.26 Å². The van der Waals surface area contributed by atoms with Gasteiger partial charge < -0.3 is 5.32 Å². The molecule has 20 heavy (non-hydrogen) atoms. The zero-order chi connectivity index (χ0) is 14.4. The summed E-state index contributed by atoms with van der Waals surface area (Å²) in [5.74, 6) is -0.798. The standard InChI is InChI=1S/C15H11FN2OS/c16-13-5-3-11(4-6-13)8-12(9-17)15(19)18-10-14-2-1-7-20-14/h1-8H,10H2,(H,18,19)/b12-8+. The highest BCUT2D eigenvalue weighted by Crippen LogP contribution is 2.10. The molecule has 0 saturated heterocycles. The third kappa shape index (κ3) is 3.77. The van der Waals surface area contributed by atoms with Gasteiger partial charge in [-0.3, -0.25) is 4.79 Å². The number of nitriles is 1. The molecule has 5 heteroatoms. The molecule has 0 spiro atoms. The van der Waals surface area contributed by atoms with Crippen molar-refractivity contribution in [3.05, 3.63) is 63.6 Å². The van der Waals surface area contributed by atoms with Gasteiger partial charge in [0.1, 0.15) is 17.5 Å². The van der Waals surface area contributed by atoms with Crippen molar-refractivity contribution < 1.29 is 9.18 Å². The fourth-order valence-electron chi connectivity index (χ4n) is 1.55. The maximum Gasteiger partial charge on any atom is 0.262 e. The Morgan fingerprint density at radius 3 is 2.70 bits per heavy atom. The lowest BCUT2D eigenvalue weighted by Gasteiger charge is -2.02. The lowest BCUT2D eigenvalue weighted by Crippen LogP contribution is -2.23. The second-order valence-electron chi connectivity index (χ2n) is 3.98. The molecule has 1 amide bonds. The largest absolute Gasteiger partial charge is 0.347 e. The van der Waals surface area contributed by atoms with Crippen LogP contribution in [0.5, 0.6) is 0 Å². The summed E-state index contributed by atoms with van der Waals surface area (Å²) in [5.41, 5.74) is 0.599. The van der Waals surface area contributed by atoms with Crippen molar-refractivity contribution in [2.24, 2.45) is 0 Å². The zero-order valence-electron chi connectivity index (χ0n) is 10.5. The maximum absolute atomic E-state index is 12.8. The SMILES string of the molecule is N#C/C(=C\c1ccc(F)cc1)C(=O)NCc1cccs1. The Morgan fingerprint density at radius 2 is 2.10 bits per heavy atom. The first-order valence-corrected chi connectivity index (χ1v) is 6.75. The molecule has 0 atom stereocenters. The Bertz CT molecular complexity index is 654. The van der Waals surface area contributed by atoms with Crippen molar-refractivity contribution in [2.45, 2.75) is 6.54 Å². The number of carbonyl (C=O) groups is 1. The maximum atomic E-state index is 12.8. The summed E-state index contributed by atoms with van der Waals surface area (Å²) in [5, 5.41) is 13.6. The van der Waals surface area contributed by atoms with Crippen molar-refractivity contribution in [2.75, 3.05) is 0 Å². The number of benzene rings is 1. The van der Waals surface area contributed by atoms with Gasteiger partial charge in [-0.05, 0) is 35.2 Å². The third-order valence-electron chi connectivity index (χ3n) is 2.55. The van der Waals surface area contributed by atoms with Crippen LogP contribution in [0.2, 0.25) is 0 Å². The number of hydrogen-bond acceptors (Lipinski definition) is 3. The van der Waals surface area contributed by atoms with E-state index in [1.54, 1.807) is 0 Å². The van der Waals surface area contributed by atoms with Crippen LogP contribution in [-0.4, -0.2) is 5.91 Å². The number of nitrogens with zero attached hydrogens (tertiary/aromatic N) is 1. The first kappa shape index (κ1) is 14.0. The zero-order valence-corrected chi connectivity index (χ0v) is 11.3. The highest BCUT2D eigenvalue weighted by molar-refractivity contribution is 7.09. The molecule has 3 nitrogen and oxygen atoms in total. The quantitative estimate of drug-likeness (QED) is 0.693. The van der Waals surface area contributed by atoms with E-state index < -0.39 is 5.91 Å². The number of carbonyl (C=O) groups excluding carboxylic acids is 1. The predicted molar refractivity (Wildman–Crippen MR) is 76.2 cm³/mol. The lowest BCUT2D eigenvalue weighted by atomic mass is 10.1. The number of nitrogens with one attached hydrogen (secondary N) is 1. The molecule has 1 heterocycles. The molecule has 100 valence electrons. The Balaban J connectivity index is 2.05. The van der Waals surface area contributed by atoms with E-state index in [-0.39, 0.29) is 11.4 Å². The minimum atomic E-state index is -0.440. The minimum Gasteiger partial charge on any atom is -0.347 e. The summed E-state index contributed by atoms with van der Waals surface area (Å²) < 4.78 is 12.8. The summed E-state index contributed by atoms with van der Waals surface area (Å²) in [7, 11) is 0. The molecular weight excluding hydrogens is 275 g/mol. The Labute approximate surface area is 120 Å². The van der Waals surface area contributed by atoms with E-state index in [2.05, 4.69) is 5.32 Å². The second-order valence-corrected chi connectivity index (χ2v) is 5.02. The third-order valence-corrected chi connectivity index (χ3v) is 3.43. The fourth-order valence-corrected chi connectivity index (χ4v) is 2.19. The number of thiophene rings is 1. The van der Waals surface area contributed by atoms with Gasteiger partial charge in [0.2, 0.25) is 0 Å². The van der Waals surface area contributed by atoms with Crippen LogP contribution in [0.15, 0.2) is 47.4 Å². The van der Waals surface area contributed by atoms with Crippen LogP contribution >= 0.6 is 11.3 Å². The molecule has 2 rings (SSSR count). The molecule has 0 saturated carbocycles. The average molecular weight is 286 g/mol. The normalized spacial score (nSPS) is 10.9. The van der Waals surface area contributed by atoms with Gasteiger partial charge in [-0.1, -0.05) is 18.2 Å². The van der Waals surface area contributed by atoms with Gasteiger partial charge >= 0.3 is 0 Å². The first-order valence-electron chi connectivity index (χ1n) is 5.87. The van der Waals surface area contributed by atoms with Crippen LogP contribution in [0.1, 0.15) is 10.4 Å². The highest BCUT2D eigenvalue weighted by atomic mass is 32.1. The van der Waals surface area contributed by atoms with E-state index in [0.717, 1.165) is 4.88 Å². The summed E-state index contributed by atoms with van der Waals surface area (Å²) in [6.07, 6.45) is 1.43. The van der Waals surface area contributed by atoms with Crippen molar-refractivity contribution in [3.8, 4) is 6.07 Å². The molecule has 0 aliphatic rings. The van der Waals surface area contributed by atoms with Gasteiger partial charge in [0.05, 0.1) is 6.54 Å². The molecule has 0 bridgehead atoms. The molecule has 0 aliphatic carbocycles. The average Bonchev–Trinajstić information content (AvgIpc) is 2.97. The Kier molecular flexibility index (Phi) is 4.64. The summed E-state index contributed by atoms with van der Waals surface area (Å²) >= 11 is 1.53. The smallest absolute Gasteiger partial charge is 0.262 e. The molecule has 1 aromatic heterocycles. The van der Waals surface area contributed by atoms with E-state index in [0.29, 0.717) is 12.1 Å². The summed E-state index contributed by atoms with van der Waals surface area (Å²) in [6.45, 7) is 0.388. The number of amides is 1. The Morgan fingerprint density at radius 1 is 1.35 bits per heavy atom. The van der Waals surface area contributed by atoms with Crippen molar-refractivity contribution in [3.63, 3.8) is 0 Å². The summed E-state index contributed by atoms with van der Waals surface area (Å²) in [4.78, 5) is 12.9. The van der Waals surface area contributed by atoms with Crippen molar-refractivity contribution >= 4 is 23.3 Å². The number of halogens is 1. The van der Waals surface area contributed by atoms with Gasteiger partial charge in [0, 0.05) is 4.88 Å². The van der Waals surface area contributed by atoms with E-state index in [9.17, 15) is 9.18 Å². The van der Waals surface area contributed by atoms with Crippen LogP contribution in [0.3, 0.4) is 0 Å². The minimum absolute atomic E-state index is 0.00633. The van der Waals surface area contributed by atoms with Crippen molar-refractivity contribution in [1.82, 2.24) is 5.32 Å². The van der Waals surface area contributed by atoms with E-state index in [1.807, 2.05) is 23.6 Å². The molecule has 0 aliphatic heterocycles. The van der Waals surface area contributed by atoms with E-state index in [1.165, 1.54) is 41.7 Å². The predicted octanol–water partition coefficient (Wildman–Crippen LogP) is 3.11. The van der Waals surface area contributed by atoms with Crippen LogP contribution in [0, 0.1) is 17.1 Å². The molecule has 0 fully saturated rings. The molecular formula is C15H11FN2OS. The summed E-state index contributed by atoms with van der Waals surface area (Å²) in [6, 6.07) is 11.2. The molecule has 1 aromatic carbocycles. The van der Waals surface area contributed by atoms with Crippen LogP contribution in [-0.2, 0) is 11.3 Å². The fraction of sp³-hybridized carbons (Fsp3) is 0.0667. The monoisotopic (exact) mass is 286 g/mol. The molecule has 1 N–H and O–H groups in total. The van der Waals surface area contributed by atoms with Gasteiger partial charge in [0.15, 0.2) is 0 Å². The number of rotatable bonds is 4. The van der Waals surface area contributed by atoms with Crippen LogP contribution in [0.4, 0.5) is 4.39 Å². The Hall–Kier alpha value is -2.45. The van der Waals surface area contributed by atoms with Gasteiger partial charge in [0.25, 0.3) is 5.91 Å². The van der Waals surface area contributed by atoms with Crippen LogP contribution in [0.25, 0.3) is 6.08 Å². The van der Waals surface area contributed by atoms with Gasteiger partial charge in [-0.2, -0.15) is 5.26 Å². The lowest BCUT2D eigenvalue weighted by molar-refractivity contribution is -0.117. The molecule has 0 radical (unpaired) electrons. The van der Waals surface area contributed by atoms with Crippen LogP contribution < -0.4 is 5.32 Å². The first-order chi connectivity index (χ1) is 9.69.